The largest absolute Gasteiger partial charge is 0.493 e. The number of aromatic nitrogens is 2. The predicted molar refractivity (Wildman–Crippen MR) is 86.1 cm³/mol. The minimum atomic E-state index is -0.744. The van der Waals surface area contributed by atoms with Gasteiger partial charge < -0.3 is 15.8 Å². The van der Waals surface area contributed by atoms with Gasteiger partial charge >= 0.3 is 0 Å². The number of benzene rings is 1. The summed E-state index contributed by atoms with van der Waals surface area (Å²) in [6.07, 6.45) is 1.23. The van der Waals surface area contributed by atoms with Gasteiger partial charge in [0.05, 0.1) is 5.54 Å². The zero-order valence-corrected chi connectivity index (χ0v) is 13.6. The van der Waals surface area contributed by atoms with Gasteiger partial charge in [-0.15, -0.1) is 0 Å². The van der Waals surface area contributed by atoms with E-state index in [0.29, 0.717) is 24.2 Å². The minimum absolute atomic E-state index is 0.148. The Morgan fingerprint density at radius 3 is 2.57 bits per heavy atom. The molecule has 2 aromatic rings. The van der Waals surface area contributed by atoms with E-state index in [1.807, 2.05) is 19.9 Å². The summed E-state index contributed by atoms with van der Waals surface area (Å²) >= 11 is 3.34. The van der Waals surface area contributed by atoms with E-state index >= 15 is 0 Å². The Kier molecular flexibility index (Phi) is 4.49. The minimum Gasteiger partial charge on any atom is -0.493 e. The van der Waals surface area contributed by atoms with Crippen LogP contribution in [0.4, 0.5) is 0 Å². The van der Waals surface area contributed by atoms with Gasteiger partial charge in [-0.25, -0.2) is 0 Å². The molecule has 0 atom stereocenters. The molecule has 1 aromatic carbocycles. The summed E-state index contributed by atoms with van der Waals surface area (Å²) in [5.41, 5.74) is 5.82. The van der Waals surface area contributed by atoms with Crippen molar-refractivity contribution >= 4 is 15.9 Å². The number of nitrogens with one attached hydrogen (secondary N) is 1. The standard InChI is InChI=1S/C15H18BrN3O2/c1-3-15(17,4-2)14-18-12(20)11(13(21)19-14)9-6-5-7-10(16)8-9/h5-8H,3-4,17H2,1-2H3,(H2,18,19,20,21). The van der Waals surface area contributed by atoms with Crippen LogP contribution in [0.1, 0.15) is 32.5 Å². The number of nitrogens with zero attached hydrogens (tertiary/aromatic N) is 1. The molecule has 6 heteroatoms. The van der Waals surface area contributed by atoms with Crippen LogP contribution in [0, 0.1) is 0 Å². The van der Waals surface area contributed by atoms with Crippen LogP contribution in [0.25, 0.3) is 11.1 Å². The first kappa shape index (κ1) is 15.7. The fraction of sp³-hybridized carbons (Fsp3) is 0.333. The third-order valence-electron chi connectivity index (χ3n) is 3.75. The van der Waals surface area contributed by atoms with Crippen LogP contribution in [0.5, 0.6) is 5.88 Å². The molecule has 0 aliphatic heterocycles. The molecular formula is C15H18BrN3O2. The predicted octanol–water partition coefficient (Wildman–Crippen LogP) is 2.88. The highest BCUT2D eigenvalue weighted by Gasteiger charge is 2.27. The van der Waals surface area contributed by atoms with Gasteiger partial charge in [-0.3, -0.25) is 4.79 Å². The first-order chi connectivity index (χ1) is 9.91. The van der Waals surface area contributed by atoms with Crippen molar-refractivity contribution < 1.29 is 5.11 Å². The van der Waals surface area contributed by atoms with Gasteiger partial charge in [0.15, 0.2) is 0 Å². The van der Waals surface area contributed by atoms with Crippen molar-refractivity contribution in [3.05, 3.63) is 44.9 Å². The van der Waals surface area contributed by atoms with E-state index in [1.54, 1.807) is 18.2 Å². The molecule has 0 fully saturated rings. The van der Waals surface area contributed by atoms with Crippen LogP contribution in [0.2, 0.25) is 0 Å². The Hall–Kier alpha value is -1.66. The molecule has 112 valence electrons. The number of halogens is 1. The van der Waals surface area contributed by atoms with E-state index in [9.17, 15) is 9.90 Å². The van der Waals surface area contributed by atoms with E-state index in [1.165, 1.54) is 0 Å². The van der Waals surface area contributed by atoms with Crippen LogP contribution < -0.4 is 11.3 Å². The van der Waals surface area contributed by atoms with Crippen molar-refractivity contribution in [2.24, 2.45) is 5.73 Å². The van der Waals surface area contributed by atoms with E-state index in [4.69, 9.17) is 5.73 Å². The number of aromatic hydroxyl groups is 1. The number of hydrogen-bond acceptors (Lipinski definition) is 4. The zero-order chi connectivity index (χ0) is 15.6. The summed E-state index contributed by atoms with van der Waals surface area (Å²) in [6.45, 7) is 3.84. The molecule has 0 spiro atoms. The second-order valence-corrected chi connectivity index (χ2v) is 5.90. The quantitative estimate of drug-likeness (QED) is 0.789. The highest BCUT2D eigenvalue weighted by molar-refractivity contribution is 9.10. The Labute approximate surface area is 131 Å². The first-order valence-electron chi connectivity index (χ1n) is 6.80. The molecule has 0 bridgehead atoms. The molecule has 1 aromatic heterocycles. The molecule has 2 rings (SSSR count). The average Bonchev–Trinajstić information content (AvgIpc) is 2.45. The number of H-pyrrole nitrogens is 1. The van der Waals surface area contributed by atoms with E-state index < -0.39 is 11.1 Å². The van der Waals surface area contributed by atoms with Gasteiger partial charge in [-0.05, 0) is 30.5 Å². The summed E-state index contributed by atoms with van der Waals surface area (Å²) in [4.78, 5) is 19.1. The van der Waals surface area contributed by atoms with Crippen LogP contribution in [0.3, 0.4) is 0 Å². The molecular weight excluding hydrogens is 334 g/mol. The maximum Gasteiger partial charge on any atom is 0.262 e. The smallest absolute Gasteiger partial charge is 0.262 e. The van der Waals surface area contributed by atoms with Gasteiger partial charge in [0.2, 0.25) is 5.88 Å². The third-order valence-corrected chi connectivity index (χ3v) is 4.24. The normalized spacial score (nSPS) is 11.6. The number of rotatable bonds is 4. The lowest BCUT2D eigenvalue weighted by atomic mass is 9.93. The molecule has 5 nitrogen and oxygen atoms in total. The summed E-state index contributed by atoms with van der Waals surface area (Å²) in [5, 5.41) is 10.2. The molecule has 0 saturated heterocycles. The van der Waals surface area contributed by atoms with Gasteiger partial charge in [0.1, 0.15) is 11.4 Å². The highest BCUT2D eigenvalue weighted by Crippen LogP contribution is 2.29. The molecule has 4 N–H and O–H groups in total. The summed E-state index contributed by atoms with van der Waals surface area (Å²) < 4.78 is 0.818. The Bertz CT molecular complexity index is 708. The van der Waals surface area contributed by atoms with Gasteiger partial charge in [-0.2, -0.15) is 4.98 Å². The number of nitrogens with two attached hydrogens (primary N) is 1. The second-order valence-electron chi connectivity index (χ2n) is 4.99. The highest BCUT2D eigenvalue weighted by atomic mass is 79.9. The topological polar surface area (TPSA) is 92.0 Å². The van der Waals surface area contributed by atoms with Gasteiger partial charge in [-0.1, -0.05) is 41.9 Å². The van der Waals surface area contributed by atoms with Crippen LogP contribution in [0.15, 0.2) is 33.5 Å². The molecule has 0 unspecified atom stereocenters. The maximum absolute atomic E-state index is 12.3. The Morgan fingerprint density at radius 2 is 2.05 bits per heavy atom. The maximum atomic E-state index is 12.3. The first-order valence-corrected chi connectivity index (χ1v) is 7.59. The zero-order valence-electron chi connectivity index (χ0n) is 12.0. The fourth-order valence-corrected chi connectivity index (χ4v) is 2.59. The van der Waals surface area contributed by atoms with Crippen molar-refractivity contribution in [2.45, 2.75) is 32.2 Å². The lowest BCUT2D eigenvalue weighted by molar-refractivity contribution is 0.372. The van der Waals surface area contributed by atoms with Crippen molar-refractivity contribution in [2.75, 3.05) is 0 Å². The molecule has 0 aliphatic rings. The lowest BCUT2D eigenvalue weighted by Gasteiger charge is -2.25. The second kappa shape index (κ2) is 5.99. The Balaban J connectivity index is 2.61. The number of aromatic amines is 1. The Morgan fingerprint density at radius 1 is 1.38 bits per heavy atom. The molecule has 0 amide bonds. The third kappa shape index (κ3) is 3.01. The van der Waals surface area contributed by atoms with Crippen molar-refractivity contribution in [3.63, 3.8) is 0 Å². The summed E-state index contributed by atoms with van der Waals surface area (Å²) in [5.74, 6) is 0.0114. The fourth-order valence-electron chi connectivity index (χ4n) is 2.19. The van der Waals surface area contributed by atoms with Gasteiger partial charge in [0.25, 0.3) is 5.56 Å². The van der Waals surface area contributed by atoms with E-state index in [2.05, 4.69) is 25.9 Å². The molecule has 0 radical (unpaired) electrons. The molecule has 0 saturated carbocycles. The molecule has 1 heterocycles. The average molecular weight is 352 g/mol. The van der Waals surface area contributed by atoms with Gasteiger partial charge in [0, 0.05) is 4.47 Å². The van der Waals surface area contributed by atoms with Crippen molar-refractivity contribution in [3.8, 4) is 17.0 Å². The van der Waals surface area contributed by atoms with Crippen molar-refractivity contribution in [1.82, 2.24) is 9.97 Å². The number of hydrogen-bond donors (Lipinski definition) is 3. The molecule has 21 heavy (non-hydrogen) atoms. The van der Waals surface area contributed by atoms with Crippen LogP contribution in [-0.4, -0.2) is 15.1 Å². The van der Waals surface area contributed by atoms with Crippen molar-refractivity contribution in [1.29, 1.82) is 0 Å². The molecule has 0 aliphatic carbocycles. The SMILES string of the molecule is CCC(N)(CC)c1nc(O)c(-c2cccc(Br)c2)c(=O)[nH]1. The lowest BCUT2D eigenvalue weighted by Crippen LogP contribution is -2.38. The monoisotopic (exact) mass is 351 g/mol. The summed E-state index contributed by atoms with van der Waals surface area (Å²) in [7, 11) is 0. The van der Waals surface area contributed by atoms with Crippen LogP contribution in [-0.2, 0) is 5.54 Å². The van der Waals surface area contributed by atoms with E-state index in [-0.39, 0.29) is 11.4 Å². The van der Waals surface area contributed by atoms with Crippen LogP contribution >= 0.6 is 15.9 Å². The van der Waals surface area contributed by atoms with E-state index in [0.717, 1.165) is 4.47 Å². The summed E-state index contributed by atoms with van der Waals surface area (Å²) in [6, 6.07) is 7.12.